The largest absolute Gasteiger partial charge is 0.468 e. The minimum atomic E-state index is -0.314. The first kappa shape index (κ1) is 21.9. The summed E-state index contributed by atoms with van der Waals surface area (Å²) in [5, 5.41) is 6.73. The molecule has 0 spiro atoms. The molecule has 3 rings (SSSR count). The Morgan fingerprint density at radius 3 is 2.60 bits per heavy atom. The van der Waals surface area contributed by atoms with Crippen LogP contribution in [0.5, 0.6) is 0 Å². The van der Waals surface area contributed by atoms with Gasteiger partial charge in [-0.05, 0) is 69.1 Å². The average Bonchev–Trinajstić information content (AvgIpc) is 3.49. The van der Waals surface area contributed by atoms with Crippen molar-refractivity contribution in [2.24, 2.45) is 4.99 Å². The summed E-state index contributed by atoms with van der Waals surface area (Å²) in [5.74, 6) is 1.46. The first-order valence-corrected chi connectivity index (χ1v) is 10.7. The molecule has 1 aromatic heterocycles. The zero-order valence-corrected chi connectivity index (χ0v) is 17.9. The van der Waals surface area contributed by atoms with Crippen molar-refractivity contribution in [3.05, 3.63) is 59.5 Å². The van der Waals surface area contributed by atoms with Gasteiger partial charge in [0.2, 0.25) is 0 Å². The molecule has 0 radical (unpaired) electrons. The van der Waals surface area contributed by atoms with Crippen LogP contribution in [0.25, 0.3) is 0 Å². The molecule has 2 aromatic rings. The third kappa shape index (κ3) is 6.10. The highest BCUT2D eigenvalue weighted by atomic mass is 16.5. The molecule has 7 nitrogen and oxygen atoms in total. The zero-order chi connectivity index (χ0) is 21.2. The van der Waals surface area contributed by atoms with Gasteiger partial charge in [-0.2, -0.15) is 0 Å². The smallest absolute Gasteiger partial charge is 0.337 e. The lowest BCUT2D eigenvalue weighted by Crippen LogP contribution is -2.39. The summed E-state index contributed by atoms with van der Waals surface area (Å²) in [6.07, 6.45) is 5.03. The summed E-state index contributed by atoms with van der Waals surface area (Å²) in [5.41, 5.74) is 1.71. The zero-order valence-electron chi connectivity index (χ0n) is 17.9. The van der Waals surface area contributed by atoms with Crippen molar-refractivity contribution in [2.45, 2.75) is 32.2 Å². The predicted octanol–water partition coefficient (Wildman–Crippen LogP) is 3.00. The lowest BCUT2D eigenvalue weighted by atomic mass is 10.1. The highest BCUT2D eigenvalue weighted by molar-refractivity contribution is 5.89. The van der Waals surface area contributed by atoms with Gasteiger partial charge < -0.3 is 19.8 Å². The van der Waals surface area contributed by atoms with Crippen molar-refractivity contribution >= 4 is 11.9 Å². The van der Waals surface area contributed by atoms with Gasteiger partial charge in [0, 0.05) is 13.1 Å². The molecule has 7 heteroatoms. The average molecular weight is 413 g/mol. The number of carbonyl (C=O) groups is 1. The maximum atomic E-state index is 11.5. The number of hydrogen-bond donors (Lipinski definition) is 2. The number of esters is 1. The quantitative estimate of drug-likeness (QED) is 0.374. The van der Waals surface area contributed by atoms with Gasteiger partial charge in [0.05, 0.1) is 31.5 Å². The Morgan fingerprint density at radius 2 is 1.97 bits per heavy atom. The van der Waals surface area contributed by atoms with Gasteiger partial charge >= 0.3 is 5.97 Å². The highest BCUT2D eigenvalue weighted by Crippen LogP contribution is 2.25. The third-order valence-corrected chi connectivity index (χ3v) is 5.30. The van der Waals surface area contributed by atoms with Crippen molar-refractivity contribution in [3.63, 3.8) is 0 Å². The van der Waals surface area contributed by atoms with Crippen LogP contribution < -0.4 is 10.6 Å². The molecule has 1 unspecified atom stereocenters. The summed E-state index contributed by atoms with van der Waals surface area (Å²) >= 11 is 0. The van der Waals surface area contributed by atoms with Crippen molar-refractivity contribution < 1.29 is 13.9 Å². The van der Waals surface area contributed by atoms with Crippen molar-refractivity contribution in [3.8, 4) is 0 Å². The minimum Gasteiger partial charge on any atom is -0.468 e. The Balaban J connectivity index is 1.56. The fourth-order valence-corrected chi connectivity index (χ4v) is 3.69. The lowest BCUT2D eigenvalue weighted by Gasteiger charge is -2.24. The number of nitrogens with zero attached hydrogens (tertiary/aromatic N) is 2. The molecule has 162 valence electrons. The van der Waals surface area contributed by atoms with Crippen LogP contribution in [0.3, 0.4) is 0 Å². The molecule has 0 aliphatic carbocycles. The van der Waals surface area contributed by atoms with E-state index < -0.39 is 0 Å². The standard InChI is InChI=1S/C23H32N4O3/c1-3-24-23(25-13-12-18-8-10-19(11-9-18)22(28)29-2)26-17-20(21-7-6-16-30-21)27-14-4-5-15-27/h6-11,16,20H,3-5,12-15,17H2,1-2H3,(H2,24,25,26). The molecule has 0 saturated carbocycles. The number of nitrogens with one attached hydrogen (secondary N) is 2. The molecular formula is C23H32N4O3. The van der Waals surface area contributed by atoms with E-state index in [-0.39, 0.29) is 12.0 Å². The van der Waals surface area contributed by atoms with Crippen molar-refractivity contribution in [2.75, 3.05) is 39.8 Å². The number of carbonyl (C=O) groups excluding carboxylic acids is 1. The van der Waals surface area contributed by atoms with Crippen molar-refractivity contribution in [1.82, 2.24) is 15.5 Å². The van der Waals surface area contributed by atoms with Crippen LogP contribution in [0.2, 0.25) is 0 Å². The second-order valence-electron chi connectivity index (χ2n) is 7.36. The fraction of sp³-hybridized carbons (Fsp3) is 0.478. The fourth-order valence-electron chi connectivity index (χ4n) is 3.69. The minimum absolute atomic E-state index is 0.170. The molecule has 1 aliphatic rings. The van der Waals surface area contributed by atoms with Crippen LogP contribution in [-0.2, 0) is 11.2 Å². The molecule has 0 bridgehead atoms. The molecule has 2 heterocycles. The van der Waals surface area contributed by atoms with Gasteiger partial charge in [0.25, 0.3) is 0 Å². The molecule has 30 heavy (non-hydrogen) atoms. The maximum Gasteiger partial charge on any atom is 0.337 e. The predicted molar refractivity (Wildman–Crippen MR) is 118 cm³/mol. The number of ether oxygens (including phenoxy) is 1. The monoisotopic (exact) mass is 412 g/mol. The number of hydrogen-bond acceptors (Lipinski definition) is 5. The maximum absolute atomic E-state index is 11.5. The number of guanidine groups is 1. The molecule has 1 atom stereocenters. The Labute approximate surface area is 178 Å². The topological polar surface area (TPSA) is 79.1 Å². The second kappa shape index (κ2) is 11.4. The summed E-state index contributed by atoms with van der Waals surface area (Å²) in [6.45, 7) is 6.44. The summed E-state index contributed by atoms with van der Waals surface area (Å²) < 4.78 is 10.4. The summed E-state index contributed by atoms with van der Waals surface area (Å²) in [7, 11) is 1.39. The second-order valence-corrected chi connectivity index (χ2v) is 7.36. The van der Waals surface area contributed by atoms with E-state index in [0.717, 1.165) is 49.9 Å². The van der Waals surface area contributed by atoms with Gasteiger partial charge in [0.1, 0.15) is 5.76 Å². The SMILES string of the molecule is CCNC(=NCC(c1ccco1)N1CCCC1)NCCc1ccc(C(=O)OC)cc1. The van der Waals surface area contributed by atoms with E-state index in [1.54, 1.807) is 18.4 Å². The summed E-state index contributed by atoms with van der Waals surface area (Å²) in [6, 6.07) is 11.7. The van der Waals surface area contributed by atoms with E-state index in [1.165, 1.54) is 20.0 Å². The molecule has 1 fully saturated rings. The number of likely N-dealkylation sites (tertiary alicyclic amines) is 1. The molecule has 2 N–H and O–H groups in total. The molecule has 1 aromatic carbocycles. The van der Waals surface area contributed by atoms with Gasteiger partial charge in [-0.15, -0.1) is 0 Å². The Kier molecular flexibility index (Phi) is 8.32. The van der Waals surface area contributed by atoms with Gasteiger partial charge in [-0.1, -0.05) is 12.1 Å². The number of methoxy groups -OCH3 is 1. The Morgan fingerprint density at radius 1 is 1.20 bits per heavy atom. The van der Waals surface area contributed by atoms with Crippen LogP contribution in [0.4, 0.5) is 0 Å². The van der Waals surface area contributed by atoms with E-state index in [0.29, 0.717) is 12.1 Å². The van der Waals surface area contributed by atoms with Crippen molar-refractivity contribution in [1.29, 1.82) is 0 Å². The van der Waals surface area contributed by atoms with Gasteiger partial charge in [0.15, 0.2) is 5.96 Å². The Bertz CT molecular complexity index is 796. The van der Waals surface area contributed by atoms with Crippen LogP contribution in [0.15, 0.2) is 52.1 Å². The van der Waals surface area contributed by atoms with E-state index in [9.17, 15) is 4.79 Å². The first-order valence-electron chi connectivity index (χ1n) is 10.7. The van der Waals surface area contributed by atoms with Crippen LogP contribution in [-0.4, -0.2) is 56.7 Å². The number of aliphatic imine (C=N–C) groups is 1. The normalized spacial score (nSPS) is 15.7. The van der Waals surface area contributed by atoms with Crippen LogP contribution in [0, 0.1) is 0 Å². The van der Waals surface area contributed by atoms with E-state index >= 15 is 0 Å². The van der Waals surface area contributed by atoms with Crippen LogP contribution >= 0.6 is 0 Å². The summed E-state index contributed by atoms with van der Waals surface area (Å²) in [4.78, 5) is 18.8. The van der Waals surface area contributed by atoms with Crippen LogP contribution in [0.1, 0.15) is 47.5 Å². The molecule has 1 saturated heterocycles. The van der Waals surface area contributed by atoms with Gasteiger partial charge in [-0.25, -0.2) is 4.79 Å². The molecular weight excluding hydrogens is 380 g/mol. The van der Waals surface area contributed by atoms with Gasteiger partial charge in [-0.3, -0.25) is 9.89 Å². The first-order chi connectivity index (χ1) is 14.7. The number of rotatable bonds is 9. The third-order valence-electron chi connectivity index (χ3n) is 5.30. The van der Waals surface area contributed by atoms with E-state index in [1.807, 2.05) is 24.3 Å². The lowest BCUT2D eigenvalue weighted by molar-refractivity contribution is 0.0600. The highest BCUT2D eigenvalue weighted by Gasteiger charge is 2.25. The number of benzene rings is 1. The molecule has 1 aliphatic heterocycles. The van der Waals surface area contributed by atoms with E-state index in [2.05, 4.69) is 22.5 Å². The molecule has 0 amide bonds. The number of furan rings is 1. The van der Waals surface area contributed by atoms with E-state index in [4.69, 9.17) is 14.1 Å². The Hall–Kier alpha value is -2.80.